The van der Waals surface area contributed by atoms with Gasteiger partial charge in [0.2, 0.25) is 0 Å². The van der Waals surface area contributed by atoms with Gasteiger partial charge in [-0.1, -0.05) is 0 Å². The molecule has 1 aliphatic rings. The molecule has 0 aromatic carbocycles. The smallest absolute Gasteiger partial charge is 0.342 e. The van der Waals surface area contributed by atoms with Crippen molar-refractivity contribution in [2.75, 3.05) is 0 Å². The van der Waals surface area contributed by atoms with Crippen LogP contribution in [0.5, 0.6) is 0 Å². The summed E-state index contributed by atoms with van der Waals surface area (Å²) in [4.78, 5) is 26.7. The summed E-state index contributed by atoms with van der Waals surface area (Å²) in [5, 5.41) is 8.52. The Balaban J connectivity index is 2.68. The van der Waals surface area contributed by atoms with E-state index in [0.717, 1.165) is 19.0 Å². The Morgan fingerprint density at radius 1 is 1.62 bits per heavy atom. The molecule has 2 rings (SSSR count). The fraction of sp³-hybridized carbons (Fsp3) is 0.500. The quantitative estimate of drug-likeness (QED) is 0.759. The van der Waals surface area contributed by atoms with E-state index in [1.54, 1.807) is 0 Å². The van der Waals surface area contributed by atoms with Crippen molar-refractivity contribution >= 4 is 17.6 Å². The van der Waals surface area contributed by atoms with Crippen molar-refractivity contribution in [3.63, 3.8) is 0 Å². The summed E-state index contributed by atoms with van der Waals surface area (Å²) < 4.78 is 1.39. The van der Waals surface area contributed by atoms with Crippen LogP contribution in [-0.4, -0.2) is 20.6 Å². The first-order valence-corrected chi connectivity index (χ1v) is 5.44. The first-order valence-electron chi connectivity index (χ1n) is 5.01. The van der Waals surface area contributed by atoms with E-state index in [-0.39, 0.29) is 17.0 Å². The van der Waals surface area contributed by atoms with E-state index in [4.69, 9.17) is 16.7 Å². The molecule has 0 bridgehead atoms. The van der Waals surface area contributed by atoms with Gasteiger partial charge >= 0.3 is 5.97 Å². The van der Waals surface area contributed by atoms with Gasteiger partial charge in [-0.15, -0.1) is 11.6 Å². The van der Waals surface area contributed by atoms with E-state index < -0.39 is 11.5 Å². The zero-order chi connectivity index (χ0) is 11.9. The van der Waals surface area contributed by atoms with Crippen molar-refractivity contribution in [1.29, 1.82) is 0 Å². The molecule has 0 fully saturated rings. The lowest BCUT2D eigenvalue weighted by atomic mass is 10.0. The molecule has 0 radical (unpaired) electrons. The Morgan fingerprint density at radius 3 is 2.94 bits per heavy atom. The molecule has 1 N–H and O–H groups in total. The predicted octanol–water partition coefficient (Wildman–Crippen LogP) is 1.58. The number of hydrogen-bond donors (Lipinski definition) is 1. The Labute approximate surface area is 96.7 Å². The van der Waals surface area contributed by atoms with Crippen LogP contribution in [0.1, 0.15) is 47.4 Å². The number of carboxylic acids is 1. The fourth-order valence-corrected chi connectivity index (χ4v) is 2.22. The van der Waals surface area contributed by atoms with E-state index in [1.807, 2.05) is 6.92 Å². The summed E-state index contributed by atoms with van der Waals surface area (Å²) in [6, 6.07) is -0.0516. The second-order valence-corrected chi connectivity index (χ2v) is 4.43. The molecular weight excluding hydrogens is 232 g/mol. The van der Waals surface area contributed by atoms with Crippen molar-refractivity contribution in [2.24, 2.45) is 0 Å². The summed E-state index contributed by atoms with van der Waals surface area (Å²) in [7, 11) is 0. The number of aromatic carboxylic acids is 1. The first-order chi connectivity index (χ1) is 7.52. The van der Waals surface area contributed by atoms with Crippen molar-refractivity contribution < 1.29 is 9.90 Å². The first kappa shape index (κ1) is 11.1. The third kappa shape index (κ3) is 1.61. The molecule has 86 valence electrons. The molecule has 0 amide bonds. The van der Waals surface area contributed by atoms with Gasteiger partial charge in [0.1, 0.15) is 11.4 Å². The maximum atomic E-state index is 11.9. The highest BCUT2D eigenvalue weighted by molar-refractivity contribution is 6.20. The van der Waals surface area contributed by atoms with Gasteiger partial charge in [-0.25, -0.2) is 9.78 Å². The molecule has 0 spiro atoms. The number of halogens is 1. The minimum Gasteiger partial charge on any atom is -0.477 e. The molecule has 6 heteroatoms. The summed E-state index contributed by atoms with van der Waals surface area (Å²) in [6.07, 6.45) is 2.59. The van der Waals surface area contributed by atoms with Crippen molar-refractivity contribution in [2.45, 2.75) is 31.2 Å². The molecule has 2 atom stereocenters. The second kappa shape index (κ2) is 3.90. The summed E-state index contributed by atoms with van der Waals surface area (Å²) in [6.45, 7) is 1.86. The van der Waals surface area contributed by atoms with Gasteiger partial charge in [-0.3, -0.25) is 9.36 Å². The Kier molecular flexibility index (Phi) is 2.71. The number of carboxylic acid groups (broad SMARTS) is 1. The van der Waals surface area contributed by atoms with E-state index in [0.29, 0.717) is 5.82 Å². The van der Waals surface area contributed by atoms with Gasteiger partial charge in [0.05, 0.1) is 5.38 Å². The minimum atomic E-state index is -1.25. The average Bonchev–Trinajstić information content (AvgIpc) is 2.23. The fourth-order valence-electron chi connectivity index (χ4n) is 1.93. The Hall–Kier alpha value is -1.36. The Morgan fingerprint density at radius 2 is 2.31 bits per heavy atom. The highest BCUT2D eigenvalue weighted by Crippen LogP contribution is 2.33. The molecule has 2 heterocycles. The maximum Gasteiger partial charge on any atom is 0.342 e. The van der Waals surface area contributed by atoms with Crippen LogP contribution >= 0.6 is 11.6 Å². The summed E-state index contributed by atoms with van der Waals surface area (Å²) >= 11 is 6.05. The van der Waals surface area contributed by atoms with Crippen LogP contribution in [0.25, 0.3) is 0 Å². The topological polar surface area (TPSA) is 72.2 Å². The van der Waals surface area contributed by atoms with Crippen molar-refractivity contribution in [3.05, 3.63) is 27.9 Å². The molecule has 0 saturated heterocycles. The van der Waals surface area contributed by atoms with Crippen molar-refractivity contribution in [1.82, 2.24) is 9.55 Å². The molecule has 1 aromatic rings. The van der Waals surface area contributed by atoms with Crippen molar-refractivity contribution in [3.8, 4) is 0 Å². The zero-order valence-electron chi connectivity index (χ0n) is 8.68. The number of rotatable bonds is 1. The predicted molar refractivity (Wildman–Crippen MR) is 58.0 cm³/mol. The SMILES string of the molecule is C[C@@H]1CC[C@@H](Cl)c2ncc(C(=O)O)c(=O)n21. The van der Waals surface area contributed by atoms with E-state index in [9.17, 15) is 9.59 Å². The number of fused-ring (bicyclic) bond motifs is 1. The largest absolute Gasteiger partial charge is 0.477 e. The van der Waals surface area contributed by atoms with Gasteiger partial charge in [-0.05, 0) is 19.8 Å². The lowest BCUT2D eigenvalue weighted by molar-refractivity contribution is 0.0693. The van der Waals surface area contributed by atoms with Gasteiger partial charge < -0.3 is 5.11 Å². The lowest BCUT2D eigenvalue weighted by Crippen LogP contribution is -2.35. The average molecular weight is 243 g/mol. The standard InChI is InChI=1S/C10H11ClN2O3/c1-5-2-3-7(11)8-12-4-6(10(15)16)9(14)13(5)8/h4-5,7H,2-3H2,1H3,(H,15,16)/t5-,7-/m1/s1. The van der Waals surface area contributed by atoms with E-state index in [1.165, 1.54) is 4.57 Å². The number of hydrogen-bond acceptors (Lipinski definition) is 3. The van der Waals surface area contributed by atoms with E-state index in [2.05, 4.69) is 4.98 Å². The number of alkyl halides is 1. The number of carbonyl (C=O) groups is 1. The second-order valence-electron chi connectivity index (χ2n) is 3.90. The van der Waals surface area contributed by atoms with Crippen LogP contribution in [0.2, 0.25) is 0 Å². The third-order valence-electron chi connectivity index (χ3n) is 2.81. The van der Waals surface area contributed by atoms with E-state index >= 15 is 0 Å². The molecule has 0 aliphatic carbocycles. The van der Waals surface area contributed by atoms with Gasteiger partial charge in [-0.2, -0.15) is 0 Å². The number of aromatic nitrogens is 2. The van der Waals surface area contributed by atoms with Gasteiger partial charge in [0.25, 0.3) is 5.56 Å². The molecule has 0 unspecified atom stereocenters. The number of nitrogens with zero attached hydrogens (tertiary/aromatic N) is 2. The van der Waals surface area contributed by atoms with Crippen LogP contribution in [0, 0.1) is 0 Å². The zero-order valence-corrected chi connectivity index (χ0v) is 9.44. The van der Waals surface area contributed by atoms with Crippen LogP contribution in [-0.2, 0) is 0 Å². The lowest BCUT2D eigenvalue weighted by Gasteiger charge is -2.27. The monoisotopic (exact) mass is 242 g/mol. The summed E-state index contributed by atoms with van der Waals surface area (Å²) in [5.74, 6) is -0.785. The molecule has 0 saturated carbocycles. The molecular formula is C10H11ClN2O3. The normalized spacial score (nSPS) is 23.9. The Bertz CT molecular complexity index is 497. The molecule has 16 heavy (non-hydrogen) atoms. The van der Waals surface area contributed by atoms with Crippen LogP contribution in [0.15, 0.2) is 11.0 Å². The highest BCUT2D eigenvalue weighted by Gasteiger charge is 2.27. The molecule has 5 nitrogen and oxygen atoms in total. The molecule has 1 aromatic heterocycles. The maximum absolute atomic E-state index is 11.9. The van der Waals surface area contributed by atoms with Crippen LogP contribution in [0.4, 0.5) is 0 Å². The van der Waals surface area contributed by atoms with Gasteiger partial charge in [0, 0.05) is 12.2 Å². The molecule has 1 aliphatic heterocycles. The van der Waals surface area contributed by atoms with Gasteiger partial charge in [0.15, 0.2) is 0 Å². The van der Waals surface area contributed by atoms with Crippen LogP contribution in [0.3, 0.4) is 0 Å². The third-order valence-corrected chi connectivity index (χ3v) is 3.22. The highest BCUT2D eigenvalue weighted by atomic mass is 35.5. The minimum absolute atomic E-state index is 0.0516. The van der Waals surface area contributed by atoms with Crippen LogP contribution < -0.4 is 5.56 Å². The summed E-state index contributed by atoms with van der Waals surface area (Å²) in [5.41, 5.74) is -0.822.